The summed E-state index contributed by atoms with van der Waals surface area (Å²) < 4.78 is 0. The van der Waals surface area contributed by atoms with Crippen molar-refractivity contribution < 1.29 is 9.59 Å². The zero-order chi connectivity index (χ0) is 18.1. The predicted molar refractivity (Wildman–Crippen MR) is 104 cm³/mol. The van der Waals surface area contributed by atoms with Crippen molar-refractivity contribution in [3.05, 3.63) is 24.3 Å². The molecule has 140 valence electrons. The Morgan fingerprint density at radius 2 is 1.92 bits per heavy atom. The van der Waals surface area contributed by atoms with Crippen molar-refractivity contribution >= 4 is 29.3 Å². The third-order valence-corrected chi connectivity index (χ3v) is 7.07. The van der Waals surface area contributed by atoms with E-state index in [1.807, 2.05) is 35.4 Å². The summed E-state index contributed by atoms with van der Waals surface area (Å²) in [5.41, 5.74) is 1.31. The Morgan fingerprint density at radius 3 is 2.54 bits per heavy atom. The van der Waals surface area contributed by atoms with Crippen molar-refractivity contribution in [3.63, 3.8) is 0 Å². The van der Waals surface area contributed by atoms with Crippen LogP contribution in [0.2, 0.25) is 0 Å². The van der Waals surface area contributed by atoms with Crippen LogP contribution in [0, 0.1) is 11.3 Å². The van der Waals surface area contributed by atoms with E-state index in [2.05, 4.69) is 5.32 Å². The van der Waals surface area contributed by atoms with Crippen molar-refractivity contribution in [2.45, 2.75) is 30.6 Å². The fraction of sp³-hybridized carbons (Fsp3) is 0.600. The maximum atomic E-state index is 13.0. The van der Waals surface area contributed by atoms with Gasteiger partial charge in [-0.25, -0.2) is 0 Å². The molecule has 0 radical (unpaired) electrons. The molecule has 3 saturated heterocycles. The molecule has 1 N–H and O–H groups in total. The Morgan fingerprint density at radius 1 is 1.19 bits per heavy atom. The average Bonchev–Trinajstić information content (AvgIpc) is 3.29. The number of carbonyl (C=O) groups excluding carboxylic acids is 2. The van der Waals surface area contributed by atoms with Crippen molar-refractivity contribution in [1.29, 1.82) is 0 Å². The van der Waals surface area contributed by atoms with E-state index >= 15 is 0 Å². The lowest BCUT2D eigenvalue weighted by atomic mass is 9.77. The Labute approximate surface area is 159 Å². The van der Waals surface area contributed by atoms with E-state index in [0.29, 0.717) is 18.4 Å². The number of nitrogens with zero attached hydrogens (tertiary/aromatic N) is 2. The topological polar surface area (TPSA) is 52.7 Å². The highest BCUT2D eigenvalue weighted by Gasteiger charge is 2.41. The van der Waals surface area contributed by atoms with Crippen LogP contribution in [0.3, 0.4) is 0 Å². The SMILES string of the molecule is CSc1ccc(N2CC(C(=O)N3CCC4(CCNC4)CC3)CC2=O)cc1. The van der Waals surface area contributed by atoms with Crippen LogP contribution in [0.1, 0.15) is 25.7 Å². The van der Waals surface area contributed by atoms with E-state index in [4.69, 9.17) is 0 Å². The first kappa shape index (κ1) is 17.9. The lowest BCUT2D eigenvalue weighted by Gasteiger charge is -2.39. The Hall–Kier alpha value is -1.53. The first-order chi connectivity index (χ1) is 12.6. The molecule has 0 aromatic heterocycles. The Balaban J connectivity index is 1.38. The number of nitrogens with one attached hydrogen (secondary N) is 1. The number of thioether (sulfide) groups is 1. The van der Waals surface area contributed by atoms with E-state index < -0.39 is 0 Å². The van der Waals surface area contributed by atoms with Crippen LogP contribution in [0.25, 0.3) is 0 Å². The number of anilines is 1. The van der Waals surface area contributed by atoms with Crippen LogP contribution in [0.5, 0.6) is 0 Å². The van der Waals surface area contributed by atoms with Gasteiger partial charge in [-0.05, 0) is 61.7 Å². The number of hydrogen-bond donors (Lipinski definition) is 1. The van der Waals surface area contributed by atoms with Crippen LogP contribution in [0.15, 0.2) is 29.2 Å². The molecule has 3 aliphatic rings. The zero-order valence-corrected chi connectivity index (χ0v) is 16.2. The van der Waals surface area contributed by atoms with Crippen molar-refractivity contribution in [3.8, 4) is 0 Å². The minimum Gasteiger partial charge on any atom is -0.342 e. The van der Waals surface area contributed by atoms with Crippen molar-refractivity contribution in [2.24, 2.45) is 11.3 Å². The molecular weight excluding hydrogens is 346 g/mol. The molecule has 0 saturated carbocycles. The smallest absolute Gasteiger partial charge is 0.228 e. The number of likely N-dealkylation sites (tertiary alicyclic amines) is 1. The average molecular weight is 374 g/mol. The molecule has 1 atom stereocenters. The van der Waals surface area contributed by atoms with Gasteiger partial charge in [-0.1, -0.05) is 0 Å². The van der Waals surface area contributed by atoms with Crippen LogP contribution >= 0.6 is 11.8 Å². The molecule has 1 spiro atoms. The molecule has 0 bridgehead atoms. The van der Waals surface area contributed by atoms with Gasteiger partial charge in [0, 0.05) is 43.2 Å². The van der Waals surface area contributed by atoms with Gasteiger partial charge in [-0.2, -0.15) is 0 Å². The van der Waals surface area contributed by atoms with Crippen LogP contribution < -0.4 is 10.2 Å². The second-order valence-corrected chi connectivity index (χ2v) is 8.74. The lowest BCUT2D eigenvalue weighted by Crippen LogP contribution is -2.46. The van der Waals surface area contributed by atoms with E-state index in [9.17, 15) is 9.59 Å². The quantitative estimate of drug-likeness (QED) is 0.827. The molecule has 1 unspecified atom stereocenters. The van der Waals surface area contributed by atoms with Crippen LogP contribution in [-0.2, 0) is 9.59 Å². The number of hydrogen-bond acceptors (Lipinski definition) is 4. The maximum Gasteiger partial charge on any atom is 0.228 e. The van der Waals surface area contributed by atoms with Gasteiger partial charge in [0.25, 0.3) is 0 Å². The van der Waals surface area contributed by atoms with Crippen molar-refractivity contribution in [2.75, 3.05) is 43.9 Å². The second-order valence-electron chi connectivity index (χ2n) is 7.86. The van der Waals surface area contributed by atoms with Crippen LogP contribution in [-0.4, -0.2) is 55.7 Å². The molecule has 3 fully saturated rings. The normalized spacial score (nSPS) is 25.3. The fourth-order valence-electron chi connectivity index (χ4n) is 4.57. The molecule has 1 aromatic carbocycles. The van der Waals surface area contributed by atoms with E-state index in [1.165, 1.54) is 11.3 Å². The van der Waals surface area contributed by atoms with Gasteiger partial charge in [-0.15, -0.1) is 11.8 Å². The van der Waals surface area contributed by atoms with Gasteiger partial charge in [0.2, 0.25) is 11.8 Å². The summed E-state index contributed by atoms with van der Waals surface area (Å²) in [6.45, 7) is 4.40. The summed E-state index contributed by atoms with van der Waals surface area (Å²) >= 11 is 1.68. The molecular formula is C20H27N3O2S. The first-order valence-corrected chi connectivity index (χ1v) is 10.8. The molecule has 4 rings (SSSR count). The molecule has 5 nitrogen and oxygen atoms in total. The van der Waals surface area contributed by atoms with Gasteiger partial charge >= 0.3 is 0 Å². The van der Waals surface area contributed by atoms with Gasteiger partial charge in [0.1, 0.15) is 0 Å². The molecule has 2 amide bonds. The summed E-state index contributed by atoms with van der Waals surface area (Å²) in [5.74, 6) is 0.0367. The minimum atomic E-state index is -0.196. The number of rotatable bonds is 3. The highest BCUT2D eigenvalue weighted by molar-refractivity contribution is 7.98. The number of amides is 2. The highest BCUT2D eigenvalue weighted by Crippen LogP contribution is 2.38. The van der Waals surface area contributed by atoms with Gasteiger partial charge < -0.3 is 15.1 Å². The van der Waals surface area contributed by atoms with E-state index in [-0.39, 0.29) is 17.7 Å². The summed E-state index contributed by atoms with van der Waals surface area (Å²) in [6.07, 6.45) is 5.79. The largest absolute Gasteiger partial charge is 0.342 e. The highest BCUT2D eigenvalue weighted by atomic mass is 32.2. The third kappa shape index (κ3) is 3.37. The second kappa shape index (κ2) is 7.24. The fourth-order valence-corrected chi connectivity index (χ4v) is 4.97. The van der Waals surface area contributed by atoms with Crippen molar-refractivity contribution in [1.82, 2.24) is 10.2 Å². The van der Waals surface area contributed by atoms with Gasteiger partial charge in [-0.3, -0.25) is 9.59 Å². The Kier molecular flexibility index (Phi) is 4.97. The summed E-state index contributed by atoms with van der Waals surface area (Å²) in [6, 6.07) is 8.02. The monoisotopic (exact) mass is 373 g/mol. The molecule has 0 aliphatic carbocycles. The van der Waals surface area contributed by atoms with Crippen LogP contribution in [0.4, 0.5) is 5.69 Å². The molecule has 3 aliphatic heterocycles. The first-order valence-electron chi connectivity index (χ1n) is 9.54. The predicted octanol–water partition coefficient (Wildman–Crippen LogP) is 2.36. The molecule has 1 aromatic rings. The third-order valence-electron chi connectivity index (χ3n) is 6.33. The van der Waals surface area contributed by atoms with Gasteiger partial charge in [0.15, 0.2) is 0 Å². The number of benzene rings is 1. The minimum absolute atomic E-state index is 0.0636. The number of piperidine rings is 1. The maximum absolute atomic E-state index is 13.0. The molecule has 3 heterocycles. The van der Waals surface area contributed by atoms with E-state index in [0.717, 1.165) is 44.7 Å². The summed E-state index contributed by atoms with van der Waals surface area (Å²) in [4.78, 5) is 30.4. The Bertz CT molecular complexity index is 675. The lowest BCUT2D eigenvalue weighted by molar-refractivity contribution is -0.137. The summed E-state index contributed by atoms with van der Waals surface area (Å²) in [7, 11) is 0. The molecule has 26 heavy (non-hydrogen) atoms. The number of carbonyl (C=O) groups is 2. The van der Waals surface area contributed by atoms with E-state index in [1.54, 1.807) is 16.7 Å². The summed E-state index contributed by atoms with van der Waals surface area (Å²) in [5, 5.41) is 3.46. The standard InChI is InChI=1S/C20H27N3O2S/c1-26-17-4-2-16(3-5-17)23-13-15(12-18(23)24)19(25)22-10-7-20(8-11-22)6-9-21-14-20/h2-5,15,21H,6-14H2,1H3. The zero-order valence-electron chi connectivity index (χ0n) is 15.4. The molecule has 6 heteroatoms. The van der Waals surface area contributed by atoms with Gasteiger partial charge in [0.05, 0.1) is 5.92 Å².